The third-order valence-electron chi connectivity index (χ3n) is 6.61. The molecule has 5 aromatic rings. The van der Waals surface area contributed by atoms with Crippen molar-refractivity contribution < 1.29 is 4.79 Å². The van der Waals surface area contributed by atoms with Gasteiger partial charge in [-0.15, -0.1) is 37.2 Å². The lowest BCUT2D eigenvalue weighted by atomic mass is 10.0. The number of rotatable bonds is 4. The fourth-order valence-electron chi connectivity index (χ4n) is 4.84. The van der Waals surface area contributed by atoms with Gasteiger partial charge in [-0.1, -0.05) is 54.6 Å². The molecule has 2 aromatic heterocycles. The van der Waals surface area contributed by atoms with E-state index >= 15 is 0 Å². The Morgan fingerprint density at radius 1 is 0.868 bits per heavy atom. The maximum absolute atomic E-state index is 13.8. The maximum Gasteiger partial charge on any atom is 0.254 e. The normalized spacial score (nSPS) is 12.4. The van der Waals surface area contributed by atoms with E-state index in [0.29, 0.717) is 25.2 Å². The van der Waals surface area contributed by atoms with Crippen molar-refractivity contribution in [1.82, 2.24) is 19.9 Å². The molecule has 0 atom stereocenters. The van der Waals surface area contributed by atoms with Gasteiger partial charge in [0.15, 0.2) is 0 Å². The van der Waals surface area contributed by atoms with Gasteiger partial charge in [0.1, 0.15) is 0 Å². The lowest BCUT2D eigenvalue weighted by Gasteiger charge is -2.24. The molecule has 1 aliphatic rings. The van der Waals surface area contributed by atoms with Gasteiger partial charge in [0, 0.05) is 43.1 Å². The van der Waals surface area contributed by atoms with E-state index in [1.54, 1.807) is 12.5 Å². The fourth-order valence-corrected chi connectivity index (χ4v) is 4.84. The average Bonchev–Trinajstić information content (AvgIpc) is 3.36. The third-order valence-corrected chi connectivity index (χ3v) is 6.61. The molecule has 3 aromatic carbocycles. The van der Waals surface area contributed by atoms with Crippen molar-refractivity contribution in [2.75, 3.05) is 18.0 Å². The van der Waals surface area contributed by atoms with Crippen LogP contribution >= 0.6 is 37.2 Å². The smallest absolute Gasteiger partial charge is 0.254 e. The minimum absolute atomic E-state index is 0. The molecule has 196 valence electrons. The predicted octanol–water partition coefficient (Wildman–Crippen LogP) is 6.55. The number of carbonyl (C=O) groups is 1. The maximum atomic E-state index is 13.8. The van der Waals surface area contributed by atoms with Crippen molar-refractivity contribution in [2.24, 2.45) is 0 Å². The number of halogens is 3. The van der Waals surface area contributed by atoms with Crippen LogP contribution in [0.3, 0.4) is 0 Å². The number of H-pyrrole nitrogens is 1. The molecular weight excluding hydrogens is 541 g/mol. The zero-order valence-corrected chi connectivity index (χ0v) is 22.9. The summed E-state index contributed by atoms with van der Waals surface area (Å²) in [5.41, 5.74) is 7.17. The van der Waals surface area contributed by atoms with E-state index in [4.69, 9.17) is 0 Å². The van der Waals surface area contributed by atoms with E-state index in [1.807, 2.05) is 47.5 Å². The molecule has 0 fully saturated rings. The summed E-state index contributed by atoms with van der Waals surface area (Å²) in [7, 11) is 0. The van der Waals surface area contributed by atoms with Gasteiger partial charge in [-0.05, 0) is 41.0 Å². The quantitative estimate of drug-likeness (QED) is 0.267. The number of fused-ring (bicyclic) bond motifs is 2. The van der Waals surface area contributed by atoms with Gasteiger partial charge in [0.25, 0.3) is 5.91 Å². The number of hydrogen-bond donors (Lipinski definition) is 1. The van der Waals surface area contributed by atoms with Crippen LogP contribution in [0.1, 0.15) is 21.6 Å². The van der Waals surface area contributed by atoms with E-state index in [0.717, 1.165) is 45.5 Å². The zero-order valence-electron chi connectivity index (χ0n) is 20.5. The van der Waals surface area contributed by atoms with Gasteiger partial charge in [-0.2, -0.15) is 0 Å². The molecular formula is C29H28Cl3N5O. The highest BCUT2D eigenvalue weighted by Gasteiger charge is 2.25. The monoisotopic (exact) mass is 567 g/mol. The van der Waals surface area contributed by atoms with Crippen molar-refractivity contribution >= 4 is 59.7 Å². The van der Waals surface area contributed by atoms with Crippen molar-refractivity contribution in [1.29, 1.82) is 0 Å². The highest BCUT2D eigenvalue weighted by Crippen LogP contribution is 2.32. The molecule has 0 bridgehead atoms. The molecule has 9 heteroatoms. The van der Waals surface area contributed by atoms with Crippen molar-refractivity contribution in [3.63, 3.8) is 0 Å². The van der Waals surface area contributed by atoms with Gasteiger partial charge in [0.05, 0.1) is 29.6 Å². The topological polar surface area (TPSA) is 65.1 Å². The zero-order chi connectivity index (χ0) is 23.6. The Bertz CT molecular complexity index is 1490. The molecule has 0 saturated heterocycles. The summed E-state index contributed by atoms with van der Waals surface area (Å²) in [5.74, 6) is 0.0306. The molecule has 38 heavy (non-hydrogen) atoms. The number of hydrogen-bond acceptors (Lipinski definition) is 4. The third kappa shape index (κ3) is 5.78. The number of amides is 1. The van der Waals surface area contributed by atoms with Gasteiger partial charge < -0.3 is 14.8 Å². The van der Waals surface area contributed by atoms with Gasteiger partial charge in [-0.3, -0.25) is 9.78 Å². The van der Waals surface area contributed by atoms with Crippen molar-refractivity contribution in [3.05, 3.63) is 114 Å². The number of carbonyl (C=O) groups excluding carboxylic acids is 1. The molecule has 0 unspecified atom stereocenters. The molecule has 6 nitrogen and oxygen atoms in total. The Labute approximate surface area is 240 Å². The van der Waals surface area contributed by atoms with E-state index in [9.17, 15) is 4.79 Å². The summed E-state index contributed by atoms with van der Waals surface area (Å²) in [6.45, 7) is 2.60. The Hall–Kier alpha value is -3.58. The minimum atomic E-state index is 0. The van der Waals surface area contributed by atoms with E-state index in [1.165, 1.54) is 0 Å². The first-order valence-electron chi connectivity index (χ1n) is 11.8. The fraction of sp³-hybridized carbons (Fsp3) is 0.138. The Kier molecular flexibility index (Phi) is 9.75. The summed E-state index contributed by atoms with van der Waals surface area (Å²) in [6, 6.07) is 26.6. The summed E-state index contributed by atoms with van der Waals surface area (Å²) < 4.78 is 0. The lowest BCUT2D eigenvalue weighted by Crippen LogP contribution is -2.35. The Morgan fingerprint density at radius 3 is 2.45 bits per heavy atom. The summed E-state index contributed by atoms with van der Waals surface area (Å²) in [6.07, 6.45) is 5.28. The van der Waals surface area contributed by atoms with Crippen LogP contribution in [0.25, 0.3) is 22.0 Å². The van der Waals surface area contributed by atoms with Crippen LogP contribution in [0.2, 0.25) is 0 Å². The highest BCUT2D eigenvalue weighted by atomic mass is 35.5. The summed E-state index contributed by atoms with van der Waals surface area (Å²) in [5, 5.41) is 0.886. The largest absolute Gasteiger partial charge is 0.364 e. The van der Waals surface area contributed by atoms with Crippen LogP contribution in [0.4, 0.5) is 5.69 Å². The minimum Gasteiger partial charge on any atom is -0.364 e. The van der Waals surface area contributed by atoms with Gasteiger partial charge >= 0.3 is 0 Å². The molecule has 1 aliphatic heterocycles. The number of pyridine rings is 1. The number of anilines is 1. The second-order valence-electron chi connectivity index (χ2n) is 8.81. The highest BCUT2D eigenvalue weighted by molar-refractivity contribution is 6.06. The standard InChI is InChI=1S/C29H25N5O.3ClH/c35-29(26-12-13-31-27-9-5-4-8-25(26)27)34-15-14-33(19-24-17-30-20-32-24)28-11-10-22(16-23(28)18-34)21-6-2-1-3-7-21;;;/h1-13,16-17,20H,14-15,18-19H2,(H,30,32);3*1H. The van der Waals surface area contributed by atoms with Crippen molar-refractivity contribution in [3.8, 4) is 11.1 Å². The first-order chi connectivity index (χ1) is 17.3. The number of benzene rings is 3. The van der Waals surface area contributed by atoms with Crippen LogP contribution in [-0.4, -0.2) is 38.8 Å². The first kappa shape index (κ1) is 29.0. The number of aromatic amines is 1. The van der Waals surface area contributed by atoms with Crippen LogP contribution in [-0.2, 0) is 13.1 Å². The van der Waals surface area contributed by atoms with E-state index in [2.05, 4.69) is 62.3 Å². The van der Waals surface area contributed by atoms with Crippen LogP contribution < -0.4 is 4.90 Å². The van der Waals surface area contributed by atoms with E-state index < -0.39 is 0 Å². The first-order valence-corrected chi connectivity index (χ1v) is 11.8. The molecule has 3 heterocycles. The average molecular weight is 569 g/mol. The molecule has 6 rings (SSSR count). The number of imidazole rings is 1. The Balaban J connectivity index is 0.00000133. The SMILES string of the molecule is Cl.Cl.Cl.O=C(c1ccnc2ccccc12)N1CCN(Cc2cnc[nH]2)c2ccc(-c3ccccc3)cc2C1. The molecule has 0 spiro atoms. The number of aromatic nitrogens is 3. The second-order valence-corrected chi connectivity index (χ2v) is 8.81. The number of nitrogens with one attached hydrogen (secondary N) is 1. The van der Waals surface area contributed by atoms with Gasteiger partial charge in [0.2, 0.25) is 0 Å². The second kappa shape index (κ2) is 12.8. The van der Waals surface area contributed by atoms with Crippen LogP contribution in [0.5, 0.6) is 0 Å². The van der Waals surface area contributed by atoms with Crippen LogP contribution in [0, 0.1) is 0 Å². The van der Waals surface area contributed by atoms with E-state index in [-0.39, 0.29) is 43.1 Å². The summed E-state index contributed by atoms with van der Waals surface area (Å²) in [4.78, 5) is 29.9. The number of nitrogens with zero attached hydrogens (tertiary/aromatic N) is 4. The molecule has 1 amide bonds. The lowest BCUT2D eigenvalue weighted by molar-refractivity contribution is 0.0753. The molecule has 0 aliphatic carbocycles. The predicted molar refractivity (Wildman–Crippen MR) is 160 cm³/mol. The summed E-state index contributed by atoms with van der Waals surface area (Å²) >= 11 is 0. The molecule has 1 N–H and O–H groups in total. The van der Waals surface area contributed by atoms with Crippen molar-refractivity contribution in [2.45, 2.75) is 13.1 Å². The molecule has 0 saturated carbocycles. The number of para-hydroxylation sites is 1. The molecule has 0 radical (unpaired) electrons. The van der Waals surface area contributed by atoms with Crippen LogP contribution in [0.15, 0.2) is 97.6 Å². The van der Waals surface area contributed by atoms with Gasteiger partial charge in [-0.25, -0.2) is 4.98 Å². The Morgan fingerprint density at radius 2 is 1.66 bits per heavy atom.